The molecule has 1 saturated carbocycles. The molecule has 2 aromatic rings. The average molecular weight is 357 g/mol. The predicted molar refractivity (Wildman–Crippen MR) is 98.2 cm³/mol. The number of likely N-dealkylation sites (tertiary alicyclic amines) is 1. The van der Waals surface area contributed by atoms with E-state index < -0.39 is 5.60 Å². The Morgan fingerprint density at radius 2 is 1.96 bits per heavy atom. The average Bonchev–Trinajstić information content (AvgIpc) is 3.31. The Morgan fingerprint density at radius 3 is 2.65 bits per heavy atom. The molecule has 7 heteroatoms. The van der Waals surface area contributed by atoms with Crippen LogP contribution in [-0.2, 0) is 6.54 Å². The normalized spacial score (nSPS) is 21.3. The largest absolute Gasteiger partial charge is 0.389 e. The molecule has 1 aliphatic carbocycles. The number of piperidine rings is 1. The molecular formula is C19H27N5O2. The summed E-state index contributed by atoms with van der Waals surface area (Å²) in [5.74, 6) is 1.11. The molecule has 3 heterocycles. The standard InChI is InChI=1S/C19H27N5O2/c25-18-5-4-17(23-11-3-10-20-23)21-24(18)14-16-6-12-22(13-7-16)15-19(26)8-1-2-9-19/h3-5,10-11,16,26H,1-2,6-9,12-15H2. The van der Waals surface area contributed by atoms with Gasteiger partial charge in [0.15, 0.2) is 5.82 Å². The molecule has 0 unspecified atom stereocenters. The van der Waals surface area contributed by atoms with Gasteiger partial charge in [0.1, 0.15) is 0 Å². The quantitative estimate of drug-likeness (QED) is 0.876. The first-order chi connectivity index (χ1) is 12.6. The lowest BCUT2D eigenvalue weighted by Crippen LogP contribution is -2.45. The van der Waals surface area contributed by atoms with Gasteiger partial charge in [-0.15, -0.1) is 5.10 Å². The van der Waals surface area contributed by atoms with Crippen LogP contribution in [0.4, 0.5) is 0 Å². The lowest BCUT2D eigenvalue weighted by molar-refractivity contribution is -0.000787. The fraction of sp³-hybridized carbons (Fsp3) is 0.632. The van der Waals surface area contributed by atoms with E-state index in [2.05, 4.69) is 15.1 Å². The van der Waals surface area contributed by atoms with Crippen molar-refractivity contribution >= 4 is 0 Å². The van der Waals surface area contributed by atoms with E-state index in [1.54, 1.807) is 27.7 Å². The Kier molecular flexibility index (Phi) is 4.91. The van der Waals surface area contributed by atoms with Crippen molar-refractivity contribution in [3.63, 3.8) is 0 Å². The molecule has 2 fully saturated rings. The minimum atomic E-state index is -0.469. The molecule has 2 aromatic heterocycles. The van der Waals surface area contributed by atoms with Gasteiger partial charge in [0.25, 0.3) is 5.56 Å². The molecule has 1 aliphatic heterocycles. The first kappa shape index (κ1) is 17.4. The van der Waals surface area contributed by atoms with Crippen LogP contribution in [0.25, 0.3) is 5.82 Å². The van der Waals surface area contributed by atoms with Crippen molar-refractivity contribution in [2.75, 3.05) is 19.6 Å². The summed E-state index contributed by atoms with van der Waals surface area (Å²) in [6.45, 7) is 3.42. The van der Waals surface area contributed by atoms with Crippen LogP contribution in [-0.4, -0.2) is 54.8 Å². The molecule has 1 saturated heterocycles. The number of rotatable bonds is 5. The Balaban J connectivity index is 1.36. The smallest absolute Gasteiger partial charge is 0.266 e. The van der Waals surface area contributed by atoms with Gasteiger partial charge in [-0.25, -0.2) is 9.36 Å². The van der Waals surface area contributed by atoms with Crippen LogP contribution in [0, 0.1) is 5.92 Å². The molecule has 26 heavy (non-hydrogen) atoms. The predicted octanol–water partition coefficient (Wildman–Crippen LogP) is 1.45. The summed E-state index contributed by atoms with van der Waals surface area (Å²) in [6, 6.07) is 5.11. The summed E-state index contributed by atoms with van der Waals surface area (Å²) in [6.07, 6.45) is 9.77. The molecule has 7 nitrogen and oxygen atoms in total. The van der Waals surface area contributed by atoms with Gasteiger partial charge in [-0.3, -0.25) is 4.79 Å². The number of nitrogens with zero attached hydrogens (tertiary/aromatic N) is 5. The second-order valence-electron chi connectivity index (χ2n) is 7.81. The van der Waals surface area contributed by atoms with E-state index in [1.165, 1.54) is 0 Å². The Labute approximate surface area is 153 Å². The zero-order valence-electron chi connectivity index (χ0n) is 15.1. The van der Waals surface area contributed by atoms with Gasteiger partial charge in [-0.05, 0) is 56.8 Å². The maximum atomic E-state index is 12.2. The molecule has 140 valence electrons. The molecule has 0 aromatic carbocycles. The molecule has 0 radical (unpaired) electrons. The zero-order valence-corrected chi connectivity index (χ0v) is 15.1. The van der Waals surface area contributed by atoms with Gasteiger partial charge in [0.05, 0.1) is 5.60 Å². The minimum Gasteiger partial charge on any atom is -0.389 e. The molecule has 0 bridgehead atoms. The molecule has 2 aliphatic rings. The van der Waals surface area contributed by atoms with E-state index in [1.807, 2.05) is 12.3 Å². The molecule has 0 amide bonds. The molecule has 0 spiro atoms. The second kappa shape index (κ2) is 7.32. The van der Waals surface area contributed by atoms with E-state index in [0.717, 1.165) is 58.2 Å². The summed E-state index contributed by atoms with van der Waals surface area (Å²) in [5.41, 5.74) is -0.535. The van der Waals surface area contributed by atoms with E-state index in [9.17, 15) is 9.90 Å². The summed E-state index contributed by atoms with van der Waals surface area (Å²) < 4.78 is 3.24. The number of aliphatic hydroxyl groups is 1. The van der Waals surface area contributed by atoms with Crippen LogP contribution in [0.5, 0.6) is 0 Å². The van der Waals surface area contributed by atoms with Gasteiger partial charge >= 0.3 is 0 Å². The second-order valence-corrected chi connectivity index (χ2v) is 7.81. The molecular weight excluding hydrogens is 330 g/mol. The van der Waals surface area contributed by atoms with Crippen LogP contribution in [0.2, 0.25) is 0 Å². The van der Waals surface area contributed by atoms with Gasteiger partial charge in [-0.2, -0.15) is 5.10 Å². The first-order valence-corrected chi connectivity index (χ1v) is 9.64. The third kappa shape index (κ3) is 3.88. The molecule has 0 atom stereocenters. The van der Waals surface area contributed by atoms with Gasteiger partial charge in [0.2, 0.25) is 0 Å². The summed E-state index contributed by atoms with van der Waals surface area (Å²) in [7, 11) is 0. The third-order valence-electron chi connectivity index (χ3n) is 5.78. The minimum absolute atomic E-state index is 0.0661. The molecule has 1 N–H and O–H groups in total. The highest BCUT2D eigenvalue weighted by molar-refractivity contribution is 5.17. The van der Waals surface area contributed by atoms with Gasteiger partial charge in [0, 0.05) is 31.5 Å². The highest BCUT2D eigenvalue weighted by Gasteiger charge is 2.34. The van der Waals surface area contributed by atoms with E-state index in [-0.39, 0.29) is 5.56 Å². The van der Waals surface area contributed by atoms with E-state index >= 15 is 0 Å². The SMILES string of the molecule is O=c1ccc(-n2cccn2)nn1CC1CCN(CC2(O)CCCC2)CC1. The molecule has 4 rings (SSSR count). The zero-order chi connectivity index (χ0) is 18.0. The van der Waals surface area contributed by atoms with Crippen molar-refractivity contribution < 1.29 is 5.11 Å². The summed E-state index contributed by atoms with van der Waals surface area (Å²) >= 11 is 0. The van der Waals surface area contributed by atoms with Crippen LogP contribution < -0.4 is 5.56 Å². The lowest BCUT2D eigenvalue weighted by Gasteiger charge is -2.36. The highest BCUT2D eigenvalue weighted by Crippen LogP contribution is 2.31. The topological polar surface area (TPSA) is 76.2 Å². The van der Waals surface area contributed by atoms with Crippen LogP contribution >= 0.6 is 0 Å². The summed E-state index contributed by atoms with van der Waals surface area (Å²) in [4.78, 5) is 14.6. The van der Waals surface area contributed by atoms with Crippen molar-refractivity contribution in [2.24, 2.45) is 5.92 Å². The van der Waals surface area contributed by atoms with Crippen molar-refractivity contribution in [2.45, 2.75) is 50.7 Å². The number of hydrogen-bond acceptors (Lipinski definition) is 5. The fourth-order valence-corrected chi connectivity index (χ4v) is 4.27. The maximum absolute atomic E-state index is 12.2. The Morgan fingerprint density at radius 1 is 1.19 bits per heavy atom. The van der Waals surface area contributed by atoms with Gasteiger partial charge in [-0.1, -0.05) is 12.8 Å². The van der Waals surface area contributed by atoms with Crippen LogP contribution in [0.1, 0.15) is 38.5 Å². The van der Waals surface area contributed by atoms with Crippen LogP contribution in [0.3, 0.4) is 0 Å². The number of β-amino-alcohol motifs (C(OH)–C–C–N with tert-alkyl or cyclic N) is 1. The monoisotopic (exact) mass is 357 g/mol. The van der Waals surface area contributed by atoms with Crippen molar-refractivity contribution in [3.8, 4) is 5.82 Å². The van der Waals surface area contributed by atoms with Gasteiger partial charge < -0.3 is 10.0 Å². The third-order valence-corrected chi connectivity index (χ3v) is 5.78. The van der Waals surface area contributed by atoms with Crippen LogP contribution in [0.15, 0.2) is 35.4 Å². The number of hydrogen-bond donors (Lipinski definition) is 1. The first-order valence-electron chi connectivity index (χ1n) is 9.64. The van der Waals surface area contributed by atoms with Crippen molar-refractivity contribution in [1.82, 2.24) is 24.5 Å². The fourth-order valence-electron chi connectivity index (χ4n) is 4.27. The maximum Gasteiger partial charge on any atom is 0.266 e. The van der Waals surface area contributed by atoms with Crippen molar-refractivity contribution in [1.29, 1.82) is 0 Å². The van der Waals surface area contributed by atoms with E-state index in [0.29, 0.717) is 18.3 Å². The van der Waals surface area contributed by atoms with Crippen molar-refractivity contribution in [3.05, 3.63) is 40.9 Å². The Bertz CT molecular complexity index is 771. The highest BCUT2D eigenvalue weighted by atomic mass is 16.3. The summed E-state index contributed by atoms with van der Waals surface area (Å²) in [5, 5.41) is 19.2. The number of aromatic nitrogens is 4. The van der Waals surface area contributed by atoms with E-state index in [4.69, 9.17) is 0 Å². The Hall–Kier alpha value is -1.99. The lowest BCUT2D eigenvalue weighted by atomic mass is 9.94.